The molecule has 1 heterocycles. The molecule has 2 aromatic carbocycles. The summed E-state index contributed by atoms with van der Waals surface area (Å²) >= 11 is 24.1. The van der Waals surface area contributed by atoms with Crippen molar-refractivity contribution in [3.8, 4) is 0 Å². The quantitative estimate of drug-likeness (QED) is 0.618. The second-order valence-electron chi connectivity index (χ2n) is 6.01. The molecule has 2 amide bonds. The fraction of sp³-hybridized carbons (Fsp3) is 0.176. The minimum Gasteiger partial charge on any atom is -0.271 e. The number of amides is 2. The van der Waals surface area contributed by atoms with Crippen molar-refractivity contribution in [1.29, 1.82) is 0 Å². The summed E-state index contributed by atoms with van der Waals surface area (Å²) in [5, 5.41) is 3.99. The van der Waals surface area contributed by atoms with Crippen molar-refractivity contribution in [3.05, 3.63) is 56.5 Å². The van der Waals surface area contributed by atoms with Crippen molar-refractivity contribution in [2.24, 2.45) is 5.41 Å². The third-order valence-corrected chi connectivity index (χ3v) is 5.93. The SMILES string of the molecule is O=C1N(c2ccc(Cl)c(Cl)c2)N(c2ccc(Cl)c(Cl)c2)C(=O)C12CC2. The summed E-state index contributed by atoms with van der Waals surface area (Å²) in [6, 6.07) is 9.57. The summed E-state index contributed by atoms with van der Waals surface area (Å²) in [7, 11) is 0. The van der Waals surface area contributed by atoms with E-state index in [1.54, 1.807) is 36.4 Å². The predicted octanol–water partition coefficient (Wildman–Crippen LogP) is 5.38. The molecule has 1 aliphatic carbocycles. The van der Waals surface area contributed by atoms with Crippen LogP contribution in [0.25, 0.3) is 0 Å². The number of carbonyl (C=O) groups excluding carboxylic acids is 2. The molecule has 2 aliphatic rings. The molecule has 0 N–H and O–H groups in total. The molecule has 1 aliphatic heterocycles. The van der Waals surface area contributed by atoms with Crippen LogP contribution >= 0.6 is 46.4 Å². The van der Waals surface area contributed by atoms with Crippen molar-refractivity contribution in [2.45, 2.75) is 12.8 Å². The van der Waals surface area contributed by atoms with Crippen molar-refractivity contribution in [2.75, 3.05) is 10.0 Å². The number of nitrogens with zero attached hydrogens (tertiary/aromatic N) is 2. The summed E-state index contributed by atoms with van der Waals surface area (Å²) in [5.41, 5.74) is -0.0664. The van der Waals surface area contributed by atoms with E-state index in [0.29, 0.717) is 44.3 Å². The van der Waals surface area contributed by atoms with Gasteiger partial charge in [0.05, 0.1) is 31.5 Å². The molecule has 4 nitrogen and oxygen atoms in total. The molecule has 4 rings (SSSR count). The Morgan fingerprint density at radius 1 is 0.680 bits per heavy atom. The largest absolute Gasteiger partial charge is 0.271 e. The Balaban J connectivity index is 1.86. The Kier molecular flexibility index (Phi) is 3.92. The highest BCUT2D eigenvalue weighted by molar-refractivity contribution is 6.43. The molecule has 0 bridgehead atoms. The van der Waals surface area contributed by atoms with Crippen LogP contribution in [0.1, 0.15) is 12.8 Å². The third-order valence-electron chi connectivity index (χ3n) is 4.45. The monoisotopic (exact) mass is 414 g/mol. The van der Waals surface area contributed by atoms with Gasteiger partial charge in [0, 0.05) is 0 Å². The predicted molar refractivity (Wildman–Crippen MR) is 99.6 cm³/mol. The van der Waals surface area contributed by atoms with Gasteiger partial charge in [0.1, 0.15) is 5.41 Å². The van der Waals surface area contributed by atoms with E-state index in [1.165, 1.54) is 10.0 Å². The van der Waals surface area contributed by atoms with E-state index in [4.69, 9.17) is 46.4 Å². The highest BCUT2D eigenvalue weighted by Gasteiger charge is 2.66. The number of carbonyl (C=O) groups is 2. The number of hydrogen-bond acceptors (Lipinski definition) is 2. The van der Waals surface area contributed by atoms with Gasteiger partial charge in [-0.25, -0.2) is 10.0 Å². The van der Waals surface area contributed by atoms with Crippen LogP contribution in [0, 0.1) is 5.41 Å². The Labute approximate surface area is 163 Å². The summed E-state index contributed by atoms with van der Waals surface area (Å²) in [6.07, 6.45) is 1.06. The molecule has 2 fully saturated rings. The highest BCUT2D eigenvalue weighted by atomic mass is 35.5. The molecule has 0 radical (unpaired) electrons. The zero-order chi connectivity index (χ0) is 17.9. The molecule has 25 heavy (non-hydrogen) atoms. The van der Waals surface area contributed by atoms with Crippen LogP contribution in [0.15, 0.2) is 36.4 Å². The summed E-state index contributed by atoms with van der Waals surface area (Å²) < 4.78 is 0. The lowest BCUT2D eigenvalue weighted by Gasteiger charge is -2.28. The van der Waals surface area contributed by atoms with Gasteiger partial charge in [0.25, 0.3) is 11.8 Å². The first-order valence-electron chi connectivity index (χ1n) is 7.44. The lowest BCUT2D eigenvalue weighted by Crippen LogP contribution is -2.41. The van der Waals surface area contributed by atoms with E-state index in [1.807, 2.05) is 0 Å². The van der Waals surface area contributed by atoms with Crippen LogP contribution in [0.2, 0.25) is 20.1 Å². The van der Waals surface area contributed by atoms with Crippen LogP contribution < -0.4 is 10.0 Å². The number of benzene rings is 2. The maximum atomic E-state index is 13.0. The minimum atomic E-state index is -0.988. The van der Waals surface area contributed by atoms with E-state index in [-0.39, 0.29) is 11.8 Å². The number of hydrazine groups is 1. The normalized spacial score (nSPS) is 18.4. The second-order valence-corrected chi connectivity index (χ2v) is 7.64. The second kappa shape index (κ2) is 5.78. The minimum absolute atomic E-state index is 0.276. The smallest absolute Gasteiger partial charge is 0.261 e. The van der Waals surface area contributed by atoms with Gasteiger partial charge in [-0.3, -0.25) is 9.59 Å². The Hall–Kier alpha value is -1.46. The maximum absolute atomic E-state index is 13.0. The standard InChI is InChI=1S/C17H10Cl4N2O2/c18-11-3-1-9(7-13(11)20)22-15(24)17(5-6-17)16(25)23(22)10-2-4-12(19)14(21)8-10/h1-4,7-8H,5-6H2. The lowest BCUT2D eigenvalue weighted by atomic mass is 10.1. The first kappa shape index (κ1) is 17.0. The van der Waals surface area contributed by atoms with E-state index in [0.717, 1.165) is 0 Å². The van der Waals surface area contributed by atoms with Crippen LogP contribution in [0.3, 0.4) is 0 Å². The maximum Gasteiger partial charge on any atom is 0.261 e. The van der Waals surface area contributed by atoms with Gasteiger partial charge in [-0.05, 0) is 49.2 Å². The fourth-order valence-corrected chi connectivity index (χ4v) is 3.51. The molecular formula is C17H10Cl4N2O2. The van der Waals surface area contributed by atoms with Gasteiger partial charge in [-0.2, -0.15) is 0 Å². The van der Waals surface area contributed by atoms with Crippen LogP contribution in [-0.2, 0) is 9.59 Å². The topological polar surface area (TPSA) is 40.6 Å². The van der Waals surface area contributed by atoms with Crippen molar-refractivity contribution in [1.82, 2.24) is 0 Å². The fourth-order valence-electron chi connectivity index (χ4n) is 2.93. The number of anilines is 2. The molecule has 2 aromatic rings. The number of halogens is 4. The van der Waals surface area contributed by atoms with Gasteiger partial charge in [-0.15, -0.1) is 0 Å². The Bertz CT molecular complexity index is 855. The van der Waals surface area contributed by atoms with Gasteiger partial charge in [-0.1, -0.05) is 46.4 Å². The summed E-state index contributed by atoms with van der Waals surface area (Å²) in [5.74, 6) is -0.552. The molecule has 1 saturated heterocycles. The van der Waals surface area contributed by atoms with Crippen molar-refractivity contribution in [3.63, 3.8) is 0 Å². The van der Waals surface area contributed by atoms with Crippen molar-refractivity contribution < 1.29 is 9.59 Å². The number of rotatable bonds is 2. The van der Waals surface area contributed by atoms with E-state index in [2.05, 4.69) is 0 Å². The van der Waals surface area contributed by atoms with Crippen molar-refractivity contribution >= 4 is 69.6 Å². The Morgan fingerprint density at radius 3 is 1.40 bits per heavy atom. The van der Waals surface area contributed by atoms with E-state index >= 15 is 0 Å². The molecule has 0 unspecified atom stereocenters. The zero-order valence-electron chi connectivity index (χ0n) is 12.6. The van der Waals surface area contributed by atoms with Crippen LogP contribution in [0.5, 0.6) is 0 Å². The molecule has 1 saturated carbocycles. The summed E-state index contributed by atoms with van der Waals surface area (Å²) in [6.45, 7) is 0. The van der Waals surface area contributed by atoms with Gasteiger partial charge < -0.3 is 0 Å². The average Bonchev–Trinajstić information content (AvgIpc) is 3.35. The lowest BCUT2D eigenvalue weighted by molar-refractivity contribution is -0.128. The van der Waals surface area contributed by atoms with Crippen LogP contribution in [-0.4, -0.2) is 11.8 Å². The number of hydrogen-bond donors (Lipinski definition) is 0. The average molecular weight is 416 g/mol. The molecular weight excluding hydrogens is 406 g/mol. The third kappa shape index (κ3) is 2.51. The first-order valence-corrected chi connectivity index (χ1v) is 8.95. The van der Waals surface area contributed by atoms with Crippen LogP contribution in [0.4, 0.5) is 11.4 Å². The highest BCUT2D eigenvalue weighted by Crippen LogP contribution is 2.55. The summed E-state index contributed by atoms with van der Waals surface area (Å²) in [4.78, 5) is 25.9. The van der Waals surface area contributed by atoms with Gasteiger partial charge in [0.2, 0.25) is 0 Å². The zero-order valence-corrected chi connectivity index (χ0v) is 15.6. The first-order chi connectivity index (χ1) is 11.8. The molecule has 0 atom stereocenters. The van der Waals surface area contributed by atoms with E-state index in [9.17, 15) is 9.59 Å². The molecule has 0 aromatic heterocycles. The van der Waals surface area contributed by atoms with E-state index < -0.39 is 5.41 Å². The van der Waals surface area contributed by atoms with Gasteiger partial charge in [0.15, 0.2) is 0 Å². The molecule has 8 heteroatoms. The van der Waals surface area contributed by atoms with Gasteiger partial charge >= 0.3 is 0 Å². The molecule has 1 spiro atoms. The molecule has 128 valence electrons. The Morgan fingerprint density at radius 2 is 1.08 bits per heavy atom.